The van der Waals surface area contributed by atoms with Gasteiger partial charge in [0.2, 0.25) is 17.5 Å². The van der Waals surface area contributed by atoms with Crippen molar-refractivity contribution in [1.82, 2.24) is 0 Å². The lowest BCUT2D eigenvalue weighted by Crippen LogP contribution is -2.65. The first-order valence-electron chi connectivity index (χ1n) is 13.2. The zero-order valence-electron chi connectivity index (χ0n) is 22.6. The van der Waals surface area contributed by atoms with Gasteiger partial charge < -0.3 is 79.5 Å². The van der Waals surface area contributed by atoms with Crippen LogP contribution in [-0.2, 0) is 19.0 Å². The van der Waals surface area contributed by atoms with Crippen molar-refractivity contribution in [3.05, 3.63) is 40.6 Å². The summed E-state index contributed by atoms with van der Waals surface area (Å²) >= 11 is 0. The average molecular weight is 641 g/mol. The summed E-state index contributed by atoms with van der Waals surface area (Å²) < 4.78 is 27.1. The van der Waals surface area contributed by atoms with Crippen molar-refractivity contribution in [2.75, 3.05) is 6.61 Å². The van der Waals surface area contributed by atoms with Crippen LogP contribution in [0.1, 0.15) is 0 Å². The van der Waals surface area contributed by atoms with Crippen LogP contribution in [0.25, 0.3) is 22.3 Å². The van der Waals surface area contributed by atoms with Gasteiger partial charge in [-0.2, -0.15) is 0 Å². The maximum absolute atomic E-state index is 13.6. The number of aliphatic hydroxyl groups excluding tert-OH is 6. The highest BCUT2D eigenvalue weighted by Crippen LogP contribution is 2.40. The fraction of sp³-hybridized carbons (Fsp3) is 0.407. The van der Waals surface area contributed by atoms with Gasteiger partial charge >= 0.3 is 5.97 Å². The van der Waals surface area contributed by atoms with Crippen molar-refractivity contribution in [1.29, 1.82) is 0 Å². The van der Waals surface area contributed by atoms with E-state index in [-0.39, 0.29) is 11.1 Å². The van der Waals surface area contributed by atoms with E-state index in [1.807, 2.05) is 0 Å². The number of aromatic hydroxyl groups is 4. The molecule has 45 heavy (non-hydrogen) atoms. The smallest absolute Gasteiger partial charge is 0.335 e. The lowest BCUT2D eigenvalue weighted by atomic mass is 9.96. The van der Waals surface area contributed by atoms with Gasteiger partial charge in [0.1, 0.15) is 65.2 Å². The summed E-state index contributed by atoms with van der Waals surface area (Å²) in [5, 5.41) is 111. The molecule has 10 atom stereocenters. The second-order valence-electron chi connectivity index (χ2n) is 10.3. The molecule has 2 aliphatic rings. The molecule has 0 saturated carbocycles. The second-order valence-corrected chi connectivity index (χ2v) is 10.3. The number of carbonyl (C=O) groups is 1. The van der Waals surface area contributed by atoms with E-state index < -0.39 is 119 Å². The molecule has 2 saturated heterocycles. The minimum atomic E-state index is -2.21. The Bertz CT molecular complexity index is 1640. The number of phenolic OH excluding ortho intramolecular Hbond substituents is 4. The van der Waals surface area contributed by atoms with Gasteiger partial charge in [-0.25, -0.2) is 4.79 Å². The monoisotopic (exact) mass is 640 g/mol. The van der Waals surface area contributed by atoms with Gasteiger partial charge in [0.05, 0.1) is 6.61 Å². The molecule has 1 aromatic heterocycles. The Kier molecular flexibility index (Phi) is 8.77. The van der Waals surface area contributed by atoms with Crippen molar-refractivity contribution in [3.63, 3.8) is 0 Å². The van der Waals surface area contributed by atoms with Gasteiger partial charge in [0, 0.05) is 17.7 Å². The first kappa shape index (κ1) is 32.2. The number of ether oxygens (including phenoxy) is 4. The summed E-state index contributed by atoms with van der Waals surface area (Å²) in [5.74, 6) is -5.61. The van der Waals surface area contributed by atoms with E-state index in [1.54, 1.807) is 0 Å². The van der Waals surface area contributed by atoms with Gasteiger partial charge in [0.15, 0.2) is 29.7 Å². The van der Waals surface area contributed by atoms with Crippen LogP contribution < -0.4 is 10.2 Å². The molecule has 3 aromatic rings. The Labute approximate surface area is 250 Å². The van der Waals surface area contributed by atoms with Crippen molar-refractivity contribution >= 4 is 16.9 Å². The van der Waals surface area contributed by atoms with E-state index in [0.29, 0.717) is 0 Å². The van der Waals surface area contributed by atoms with Gasteiger partial charge in [-0.05, 0) is 18.2 Å². The lowest BCUT2D eigenvalue weighted by Gasteiger charge is -2.45. The summed E-state index contributed by atoms with van der Waals surface area (Å²) in [6.45, 7) is -0.847. The fourth-order valence-electron chi connectivity index (χ4n) is 4.97. The van der Waals surface area contributed by atoms with Crippen molar-refractivity contribution in [3.8, 4) is 40.1 Å². The number of phenols is 4. The van der Waals surface area contributed by atoms with Crippen LogP contribution in [0.2, 0.25) is 0 Å². The topological polar surface area (TPSA) is 307 Å². The maximum Gasteiger partial charge on any atom is 0.335 e. The molecule has 18 heteroatoms. The molecule has 244 valence electrons. The minimum Gasteiger partial charge on any atom is -0.508 e. The normalized spacial score (nSPS) is 32.0. The molecule has 5 rings (SSSR count). The van der Waals surface area contributed by atoms with Crippen LogP contribution in [0, 0.1) is 0 Å². The maximum atomic E-state index is 13.6. The highest BCUT2D eigenvalue weighted by atomic mass is 16.7. The van der Waals surface area contributed by atoms with Gasteiger partial charge in [-0.3, -0.25) is 4.79 Å². The first-order valence-corrected chi connectivity index (χ1v) is 13.2. The Hall–Kier alpha value is -4.24. The molecule has 10 unspecified atom stereocenters. The molecule has 0 radical (unpaired) electrons. The molecule has 18 nitrogen and oxygen atoms in total. The van der Waals surface area contributed by atoms with Crippen molar-refractivity contribution in [2.45, 2.75) is 61.4 Å². The average Bonchev–Trinajstić information content (AvgIpc) is 2.98. The summed E-state index contributed by atoms with van der Waals surface area (Å²) in [7, 11) is 0. The number of aliphatic carboxylic acids is 1. The molecular formula is C27H28O18. The summed E-state index contributed by atoms with van der Waals surface area (Å²) in [5.41, 5.74) is -1.62. The Balaban J connectivity index is 1.52. The van der Waals surface area contributed by atoms with E-state index in [2.05, 4.69) is 0 Å². The standard InChI is InChI=1S/C27H28O18/c28-6-13-15(33)17(35)19(37)26(42-13)44-23-18(36)20(38)27(45-24(23)25(39)40)43-22-16(34)14-11(32)4-8(29)5-12(14)41-21(22)7-1-2-9(30)10(31)3-7/h1-5,13,15,17-20,23-24,26-33,35-38H,6H2,(H,39,40). The number of rotatable bonds is 7. The van der Waals surface area contributed by atoms with E-state index in [9.17, 15) is 65.8 Å². The molecule has 3 heterocycles. The molecule has 2 aliphatic heterocycles. The summed E-state index contributed by atoms with van der Waals surface area (Å²) in [6.07, 6.45) is -19.9. The minimum absolute atomic E-state index is 0.119. The van der Waals surface area contributed by atoms with Gasteiger partial charge in [-0.15, -0.1) is 0 Å². The molecular weight excluding hydrogens is 612 g/mol. The number of hydrogen-bond donors (Lipinski definition) is 11. The van der Waals surface area contributed by atoms with Crippen molar-refractivity contribution < 1.29 is 84.3 Å². The van der Waals surface area contributed by atoms with E-state index >= 15 is 0 Å². The second kappa shape index (κ2) is 12.3. The van der Waals surface area contributed by atoms with E-state index in [4.69, 9.17) is 23.4 Å². The molecule has 11 N–H and O–H groups in total. The van der Waals surface area contributed by atoms with E-state index in [0.717, 1.165) is 24.3 Å². The Morgan fingerprint density at radius 1 is 0.800 bits per heavy atom. The van der Waals surface area contributed by atoms with E-state index in [1.165, 1.54) is 6.07 Å². The third kappa shape index (κ3) is 5.81. The molecule has 0 bridgehead atoms. The van der Waals surface area contributed by atoms with Crippen LogP contribution in [0.4, 0.5) is 0 Å². The van der Waals surface area contributed by atoms with Crippen LogP contribution in [0.15, 0.2) is 39.5 Å². The molecule has 0 amide bonds. The predicted molar refractivity (Wildman–Crippen MR) is 142 cm³/mol. The zero-order chi connectivity index (χ0) is 32.9. The highest BCUT2D eigenvalue weighted by molar-refractivity contribution is 5.88. The van der Waals surface area contributed by atoms with Crippen LogP contribution >= 0.6 is 0 Å². The molecule has 0 aliphatic carbocycles. The third-order valence-electron chi connectivity index (χ3n) is 7.32. The van der Waals surface area contributed by atoms with Gasteiger partial charge in [-0.1, -0.05) is 0 Å². The number of hydrogen-bond acceptors (Lipinski definition) is 17. The molecule has 0 spiro atoms. The van der Waals surface area contributed by atoms with Crippen LogP contribution in [-0.4, -0.2) is 130 Å². The van der Waals surface area contributed by atoms with Crippen LogP contribution in [0.3, 0.4) is 0 Å². The zero-order valence-corrected chi connectivity index (χ0v) is 22.6. The molecule has 2 aromatic carbocycles. The lowest BCUT2D eigenvalue weighted by molar-refractivity contribution is -0.348. The summed E-state index contributed by atoms with van der Waals surface area (Å²) in [6, 6.07) is 4.93. The molecule has 2 fully saturated rings. The fourth-order valence-corrected chi connectivity index (χ4v) is 4.97. The Morgan fingerprint density at radius 2 is 1.49 bits per heavy atom. The first-order chi connectivity index (χ1) is 21.2. The highest BCUT2D eigenvalue weighted by Gasteiger charge is 2.53. The largest absolute Gasteiger partial charge is 0.508 e. The number of benzene rings is 2. The Morgan fingerprint density at radius 3 is 2.13 bits per heavy atom. The quantitative estimate of drug-likeness (QED) is 0.118. The predicted octanol–water partition coefficient (Wildman–Crippen LogP) is -2.62. The number of aliphatic hydroxyl groups is 6. The van der Waals surface area contributed by atoms with Crippen molar-refractivity contribution in [2.24, 2.45) is 0 Å². The van der Waals surface area contributed by atoms with Gasteiger partial charge in [0.25, 0.3) is 0 Å². The number of carboxylic acids is 1. The number of fused-ring (bicyclic) bond motifs is 1. The SMILES string of the molecule is O=C(O)C1OC(Oc2c(-c3ccc(O)c(O)c3)oc3cc(O)cc(O)c3c2=O)C(O)C(O)C1OC1OC(CO)C(O)C(O)C1O. The van der Waals surface area contributed by atoms with Crippen LogP contribution in [0.5, 0.6) is 28.7 Å². The third-order valence-corrected chi connectivity index (χ3v) is 7.32. The number of carboxylic acid groups (broad SMARTS) is 1. The summed E-state index contributed by atoms with van der Waals surface area (Å²) in [4.78, 5) is 25.8.